The molecule has 1 aromatic rings. The molecule has 2 rings (SSSR count). The predicted molar refractivity (Wildman–Crippen MR) is 82.6 cm³/mol. The average Bonchev–Trinajstić information content (AvgIpc) is 2.54. The molecule has 1 heterocycles. The normalized spacial score (nSPS) is 18.4. The van der Waals surface area contributed by atoms with Gasteiger partial charge < -0.3 is 9.84 Å². The molecule has 122 valence electrons. The lowest BCUT2D eigenvalue weighted by Crippen LogP contribution is -2.58. The second-order valence-electron chi connectivity index (χ2n) is 4.75. The Bertz CT molecular complexity index is 644. The van der Waals surface area contributed by atoms with Crippen LogP contribution in [-0.4, -0.2) is 49.4 Å². The van der Waals surface area contributed by atoms with E-state index in [0.717, 1.165) is 4.90 Å². The second-order valence-corrected chi connectivity index (χ2v) is 4.75. The van der Waals surface area contributed by atoms with Crippen molar-refractivity contribution in [3.8, 4) is 5.75 Å². The summed E-state index contributed by atoms with van der Waals surface area (Å²) >= 11 is 0. The molecule has 1 fully saturated rings. The number of methoxy groups -OCH3 is 1. The van der Waals surface area contributed by atoms with Gasteiger partial charge in [0.25, 0.3) is 5.91 Å². The fraction of sp³-hybridized carbons (Fsp3) is 0.333. The van der Waals surface area contributed by atoms with E-state index < -0.39 is 23.8 Å². The molecule has 0 aliphatic carbocycles. The van der Waals surface area contributed by atoms with Gasteiger partial charge >= 0.3 is 6.03 Å². The zero-order valence-electron chi connectivity index (χ0n) is 12.6. The number of urea groups is 1. The number of hydrogen-bond donors (Lipinski definition) is 2. The molecule has 23 heavy (non-hydrogen) atoms. The fourth-order valence-corrected chi connectivity index (χ4v) is 2.11. The van der Waals surface area contributed by atoms with Gasteiger partial charge in [0, 0.05) is 19.4 Å². The standard InChI is InChI=1S/C15H17N3O5/c1-23-12-6-3-2-5-11(12)18-14(21)10(9-16-7-4-8-19)13(20)17-15(18)22/h2-3,5-6,9-10,19H,4,7-8H2,1H3,(H,17,20,22)/t10-/m1/s1. The first-order chi connectivity index (χ1) is 11.1. The van der Waals surface area contributed by atoms with E-state index in [4.69, 9.17) is 9.84 Å². The highest BCUT2D eigenvalue weighted by Crippen LogP contribution is 2.30. The maximum Gasteiger partial charge on any atom is 0.335 e. The number of benzene rings is 1. The van der Waals surface area contributed by atoms with Crippen LogP contribution < -0.4 is 15.0 Å². The first-order valence-corrected chi connectivity index (χ1v) is 7.02. The Labute approximate surface area is 132 Å². The number of aliphatic hydroxyl groups is 1. The lowest BCUT2D eigenvalue weighted by molar-refractivity contribution is -0.131. The highest BCUT2D eigenvalue weighted by atomic mass is 16.5. The van der Waals surface area contributed by atoms with E-state index in [0.29, 0.717) is 12.2 Å². The van der Waals surface area contributed by atoms with Crippen LogP contribution in [0, 0.1) is 5.92 Å². The molecule has 8 nitrogen and oxygen atoms in total. The number of ether oxygens (including phenoxy) is 1. The summed E-state index contributed by atoms with van der Waals surface area (Å²) in [4.78, 5) is 41.2. The van der Waals surface area contributed by atoms with Crippen LogP contribution in [0.4, 0.5) is 10.5 Å². The lowest BCUT2D eigenvalue weighted by Gasteiger charge is -2.29. The average molecular weight is 319 g/mol. The molecule has 0 aromatic heterocycles. The summed E-state index contributed by atoms with van der Waals surface area (Å²) in [5.74, 6) is -2.28. The third-order valence-electron chi connectivity index (χ3n) is 3.23. The van der Waals surface area contributed by atoms with Crippen LogP contribution >= 0.6 is 0 Å². The molecule has 8 heteroatoms. The van der Waals surface area contributed by atoms with Crippen molar-refractivity contribution < 1.29 is 24.2 Å². The molecule has 1 saturated heterocycles. The van der Waals surface area contributed by atoms with Crippen LogP contribution in [0.15, 0.2) is 29.3 Å². The number of amides is 4. The number of aliphatic hydroxyl groups excluding tert-OH is 1. The van der Waals surface area contributed by atoms with Gasteiger partial charge in [0.15, 0.2) is 5.92 Å². The van der Waals surface area contributed by atoms with Crippen LogP contribution in [0.3, 0.4) is 0 Å². The minimum atomic E-state index is -1.20. The van der Waals surface area contributed by atoms with Gasteiger partial charge in [-0.3, -0.25) is 19.9 Å². The van der Waals surface area contributed by atoms with Gasteiger partial charge in [0.2, 0.25) is 5.91 Å². The first-order valence-electron chi connectivity index (χ1n) is 7.02. The van der Waals surface area contributed by atoms with Crippen molar-refractivity contribution in [1.29, 1.82) is 0 Å². The molecule has 0 bridgehead atoms. The van der Waals surface area contributed by atoms with Gasteiger partial charge in [-0.05, 0) is 18.6 Å². The van der Waals surface area contributed by atoms with Crippen molar-refractivity contribution >= 4 is 29.7 Å². The number of aliphatic imine (C=N–C) groups is 1. The van der Waals surface area contributed by atoms with Crippen LogP contribution in [0.5, 0.6) is 5.75 Å². The van der Waals surface area contributed by atoms with Gasteiger partial charge in [-0.1, -0.05) is 12.1 Å². The maximum atomic E-state index is 12.5. The monoisotopic (exact) mass is 319 g/mol. The molecule has 1 aromatic carbocycles. The SMILES string of the molecule is COc1ccccc1N1C(=O)NC(=O)[C@@H](C=NCCCO)C1=O. The summed E-state index contributed by atoms with van der Waals surface area (Å²) in [7, 11) is 1.42. The van der Waals surface area contributed by atoms with Gasteiger partial charge in [-0.15, -0.1) is 0 Å². The van der Waals surface area contributed by atoms with Crippen LogP contribution in [0.2, 0.25) is 0 Å². The quantitative estimate of drug-likeness (QED) is 0.447. The number of para-hydroxylation sites is 2. The largest absolute Gasteiger partial charge is 0.495 e. The minimum Gasteiger partial charge on any atom is -0.495 e. The topological polar surface area (TPSA) is 108 Å². The predicted octanol–water partition coefficient (Wildman–Crippen LogP) is 0.347. The molecule has 2 N–H and O–H groups in total. The fourth-order valence-electron chi connectivity index (χ4n) is 2.11. The molecule has 0 radical (unpaired) electrons. The van der Waals surface area contributed by atoms with Gasteiger partial charge in [-0.25, -0.2) is 9.69 Å². The van der Waals surface area contributed by atoms with Crippen molar-refractivity contribution in [1.82, 2.24) is 5.32 Å². The van der Waals surface area contributed by atoms with Crippen molar-refractivity contribution in [2.75, 3.05) is 25.2 Å². The Morgan fingerprint density at radius 1 is 1.35 bits per heavy atom. The number of barbiturate groups is 1. The Kier molecular flexibility index (Phi) is 5.42. The third kappa shape index (κ3) is 3.54. The van der Waals surface area contributed by atoms with E-state index >= 15 is 0 Å². The summed E-state index contributed by atoms with van der Waals surface area (Å²) in [6.45, 7) is 0.254. The molecular weight excluding hydrogens is 302 g/mol. The number of hydrogen-bond acceptors (Lipinski definition) is 6. The highest BCUT2D eigenvalue weighted by molar-refractivity contribution is 6.32. The van der Waals surface area contributed by atoms with E-state index in [1.165, 1.54) is 13.3 Å². The van der Waals surface area contributed by atoms with Crippen molar-refractivity contribution in [3.63, 3.8) is 0 Å². The molecule has 1 aliphatic heterocycles. The summed E-state index contributed by atoms with van der Waals surface area (Å²) < 4.78 is 5.15. The van der Waals surface area contributed by atoms with Crippen LogP contribution in [0.25, 0.3) is 0 Å². The number of anilines is 1. The Morgan fingerprint density at radius 3 is 2.78 bits per heavy atom. The number of carbonyl (C=O) groups excluding carboxylic acids is 3. The Hall–Kier alpha value is -2.74. The highest BCUT2D eigenvalue weighted by Gasteiger charge is 2.41. The number of nitrogens with one attached hydrogen (secondary N) is 1. The minimum absolute atomic E-state index is 0.0338. The first kappa shape index (κ1) is 16.6. The Morgan fingerprint density at radius 2 is 2.09 bits per heavy atom. The van der Waals surface area contributed by atoms with Crippen molar-refractivity contribution in [2.45, 2.75) is 6.42 Å². The Balaban J connectivity index is 2.29. The molecule has 0 spiro atoms. The molecule has 1 atom stereocenters. The zero-order valence-corrected chi connectivity index (χ0v) is 12.6. The summed E-state index contributed by atoms with van der Waals surface area (Å²) in [5, 5.41) is 10.8. The van der Waals surface area contributed by atoms with Crippen molar-refractivity contribution in [2.24, 2.45) is 10.9 Å². The molecule has 0 unspecified atom stereocenters. The van der Waals surface area contributed by atoms with Crippen LogP contribution in [-0.2, 0) is 9.59 Å². The van der Waals surface area contributed by atoms with E-state index in [9.17, 15) is 14.4 Å². The van der Waals surface area contributed by atoms with Crippen LogP contribution in [0.1, 0.15) is 6.42 Å². The van der Waals surface area contributed by atoms with Crippen molar-refractivity contribution in [3.05, 3.63) is 24.3 Å². The van der Waals surface area contributed by atoms with E-state index in [1.54, 1.807) is 24.3 Å². The molecular formula is C15H17N3O5. The number of imide groups is 2. The van der Waals surface area contributed by atoms with Gasteiger partial charge in [0.05, 0.1) is 12.8 Å². The lowest BCUT2D eigenvalue weighted by atomic mass is 10.1. The molecule has 4 amide bonds. The smallest absolute Gasteiger partial charge is 0.335 e. The zero-order chi connectivity index (χ0) is 16.8. The number of carbonyl (C=O) groups is 3. The summed E-state index contributed by atoms with van der Waals surface area (Å²) in [6, 6.07) is 5.68. The van der Waals surface area contributed by atoms with Gasteiger partial charge in [0.1, 0.15) is 5.75 Å². The van der Waals surface area contributed by atoms with Gasteiger partial charge in [-0.2, -0.15) is 0 Å². The summed E-state index contributed by atoms with van der Waals surface area (Å²) in [5.41, 5.74) is 0.249. The molecule has 0 saturated carbocycles. The van der Waals surface area contributed by atoms with E-state index in [1.807, 2.05) is 0 Å². The second kappa shape index (κ2) is 7.50. The third-order valence-corrected chi connectivity index (χ3v) is 3.23. The van der Waals surface area contributed by atoms with E-state index in [2.05, 4.69) is 10.3 Å². The molecule has 1 aliphatic rings. The maximum absolute atomic E-state index is 12.5. The number of rotatable bonds is 6. The number of nitrogens with zero attached hydrogens (tertiary/aromatic N) is 2. The summed E-state index contributed by atoms with van der Waals surface area (Å²) in [6.07, 6.45) is 1.62. The van der Waals surface area contributed by atoms with E-state index in [-0.39, 0.29) is 18.8 Å².